The van der Waals surface area contributed by atoms with Crippen molar-refractivity contribution in [3.8, 4) is 0 Å². The molecule has 0 amide bonds. The summed E-state index contributed by atoms with van der Waals surface area (Å²) >= 11 is 0. The van der Waals surface area contributed by atoms with Gasteiger partial charge in [-0.2, -0.15) is 0 Å². The first kappa shape index (κ1) is 19.1. The SMILES string of the molecule is OCCOCCN1CCN(C2=Nc3ccccc3CCc3ccccc32)CC1. The molecule has 5 nitrogen and oxygen atoms in total. The van der Waals surface area contributed by atoms with Gasteiger partial charge in [-0.3, -0.25) is 4.90 Å². The quantitative estimate of drug-likeness (QED) is 0.811. The smallest absolute Gasteiger partial charge is 0.136 e. The van der Waals surface area contributed by atoms with Crippen LogP contribution in [0.15, 0.2) is 53.5 Å². The fraction of sp³-hybridized carbons (Fsp3) is 0.435. The zero-order valence-electron chi connectivity index (χ0n) is 16.4. The van der Waals surface area contributed by atoms with Crippen LogP contribution in [0.1, 0.15) is 16.7 Å². The maximum atomic E-state index is 8.82. The van der Waals surface area contributed by atoms with Crippen LogP contribution in [0.5, 0.6) is 0 Å². The van der Waals surface area contributed by atoms with E-state index in [-0.39, 0.29) is 6.61 Å². The minimum Gasteiger partial charge on any atom is -0.394 e. The Labute approximate surface area is 167 Å². The first-order valence-corrected chi connectivity index (χ1v) is 10.3. The van der Waals surface area contributed by atoms with Gasteiger partial charge in [-0.1, -0.05) is 42.5 Å². The van der Waals surface area contributed by atoms with Gasteiger partial charge in [-0.15, -0.1) is 0 Å². The van der Waals surface area contributed by atoms with Crippen molar-refractivity contribution in [2.24, 2.45) is 4.99 Å². The zero-order valence-corrected chi connectivity index (χ0v) is 16.4. The highest BCUT2D eigenvalue weighted by Gasteiger charge is 2.23. The van der Waals surface area contributed by atoms with Crippen molar-refractivity contribution in [2.75, 3.05) is 52.5 Å². The van der Waals surface area contributed by atoms with Crippen LogP contribution in [0.4, 0.5) is 5.69 Å². The van der Waals surface area contributed by atoms with Crippen molar-refractivity contribution in [1.29, 1.82) is 0 Å². The maximum Gasteiger partial charge on any atom is 0.136 e. The second-order valence-electron chi connectivity index (χ2n) is 7.39. The third-order valence-electron chi connectivity index (χ3n) is 5.60. The highest BCUT2D eigenvalue weighted by atomic mass is 16.5. The maximum absolute atomic E-state index is 8.82. The van der Waals surface area contributed by atoms with E-state index in [9.17, 15) is 0 Å². The molecule has 1 saturated heterocycles. The van der Waals surface area contributed by atoms with Crippen molar-refractivity contribution < 1.29 is 9.84 Å². The fourth-order valence-corrected chi connectivity index (χ4v) is 4.02. The number of piperazine rings is 1. The molecule has 2 aliphatic rings. The van der Waals surface area contributed by atoms with Gasteiger partial charge in [0, 0.05) is 38.3 Å². The van der Waals surface area contributed by atoms with Crippen LogP contribution in [0.3, 0.4) is 0 Å². The summed E-state index contributed by atoms with van der Waals surface area (Å²) in [4.78, 5) is 10.0. The Balaban J connectivity index is 1.53. The molecule has 2 aromatic carbocycles. The predicted molar refractivity (Wildman–Crippen MR) is 112 cm³/mol. The average Bonchev–Trinajstić information content (AvgIpc) is 2.74. The molecule has 1 fully saturated rings. The lowest BCUT2D eigenvalue weighted by atomic mass is 9.96. The molecule has 0 aromatic heterocycles. The molecule has 148 valence electrons. The zero-order chi connectivity index (χ0) is 19.2. The lowest BCUT2D eigenvalue weighted by molar-refractivity contribution is 0.0652. The van der Waals surface area contributed by atoms with Gasteiger partial charge < -0.3 is 14.7 Å². The van der Waals surface area contributed by atoms with Crippen LogP contribution < -0.4 is 0 Å². The molecule has 0 bridgehead atoms. The summed E-state index contributed by atoms with van der Waals surface area (Å²) in [7, 11) is 0. The van der Waals surface area contributed by atoms with E-state index >= 15 is 0 Å². The minimum absolute atomic E-state index is 0.0918. The monoisotopic (exact) mass is 379 g/mol. The molecule has 0 radical (unpaired) electrons. The molecule has 0 atom stereocenters. The normalized spacial score (nSPS) is 17.3. The van der Waals surface area contributed by atoms with Crippen LogP contribution in [0.25, 0.3) is 0 Å². The summed E-state index contributed by atoms with van der Waals surface area (Å²) in [6.45, 7) is 6.06. The molecule has 0 unspecified atom stereocenters. The number of nitrogens with zero attached hydrogens (tertiary/aromatic N) is 3. The number of hydrogen-bond acceptors (Lipinski definition) is 5. The van der Waals surface area contributed by atoms with Gasteiger partial charge in [0.1, 0.15) is 5.84 Å². The van der Waals surface area contributed by atoms with E-state index in [0.29, 0.717) is 13.2 Å². The van der Waals surface area contributed by atoms with E-state index in [4.69, 9.17) is 14.8 Å². The summed E-state index contributed by atoms with van der Waals surface area (Å²) in [6, 6.07) is 17.2. The van der Waals surface area contributed by atoms with Crippen molar-refractivity contribution in [2.45, 2.75) is 12.8 Å². The lowest BCUT2D eigenvalue weighted by Crippen LogP contribution is -2.49. The molecule has 2 heterocycles. The lowest BCUT2D eigenvalue weighted by Gasteiger charge is -2.37. The molecule has 28 heavy (non-hydrogen) atoms. The molecular weight excluding hydrogens is 350 g/mol. The number of amidine groups is 1. The number of aliphatic hydroxyl groups is 1. The third-order valence-corrected chi connectivity index (χ3v) is 5.60. The number of para-hydroxylation sites is 1. The van der Waals surface area contributed by atoms with E-state index in [2.05, 4.69) is 58.3 Å². The Kier molecular flexibility index (Phi) is 6.37. The Morgan fingerprint density at radius 2 is 1.57 bits per heavy atom. The number of aliphatic hydroxyl groups excluding tert-OH is 1. The number of hydrogen-bond donors (Lipinski definition) is 1. The highest BCUT2D eigenvalue weighted by Crippen LogP contribution is 2.27. The first-order valence-electron chi connectivity index (χ1n) is 10.3. The Morgan fingerprint density at radius 1 is 0.857 bits per heavy atom. The highest BCUT2D eigenvalue weighted by molar-refractivity contribution is 6.02. The van der Waals surface area contributed by atoms with Crippen molar-refractivity contribution >= 4 is 11.5 Å². The van der Waals surface area contributed by atoms with Gasteiger partial charge in [0.2, 0.25) is 0 Å². The number of ether oxygens (including phenoxy) is 1. The molecule has 0 spiro atoms. The number of aliphatic imine (C=N–C) groups is 1. The molecule has 5 heteroatoms. The van der Waals surface area contributed by atoms with Crippen LogP contribution in [-0.4, -0.2) is 73.3 Å². The Bertz CT molecular complexity index is 813. The van der Waals surface area contributed by atoms with E-state index in [0.717, 1.165) is 57.1 Å². The van der Waals surface area contributed by atoms with Gasteiger partial charge in [0.05, 0.1) is 25.5 Å². The van der Waals surface area contributed by atoms with Crippen molar-refractivity contribution in [3.05, 3.63) is 65.2 Å². The number of fused-ring (bicyclic) bond motifs is 2. The summed E-state index contributed by atoms with van der Waals surface area (Å²) in [5.74, 6) is 1.11. The topological polar surface area (TPSA) is 48.3 Å². The molecule has 2 aromatic rings. The van der Waals surface area contributed by atoms with Gasteiger partial charge in [-0.05, 0) is 30.0 Å². The summed E-state index contributed by atoms with van der Waals surface area (Å²) in [6.07, 6.45) is 2.08. The Hall–Kier alpha value is -2.21. The second-order valence-corrected chi connectivity index (χ2v) is 7.39. The van der Waals surface area contributed by atoms with Crippen LogP contribution >= 0.6 is 0 Å². The predicted octanol–water partition coefficient (Wildman–Crippen LogP) is 2.49. The fourth-order valence-electron chi connectivity index (χ4n) is 4.02. The summed E-state index contributed by atoms with van der Waals surface area (Å²) < 4.78 is 5.42. The molecule has 0 aliphatic carbocycles. The molecule has 1 N–H and O–H groups in total. The number of benzene rings is 2. The van der Waals surface area contributed by atoms with Gasteiger partial charge >= 0.3 is 0 Å². The van der Waals surface area contributed by atoms with Gasteiger partial charge in [0.15, 0.2) is 0 Å². The van der Waals surface area contributed by atoms with Gasteiger partial charge in [-0.25, -0.2) is 4.99 Å². The summed E-state index contributed by atoms with van der Waals surface area (Å²) in [5, 5.41) is 8.82. The second kappa shape index (κ2) is 9.32. The molecule has 4 rings (SSSR count). The van der Waals surface area contributed by atoms with Crippen LogP contribution in [-0.2, 0) is 17.6 Å². The average molecular weight is 380 g/mol. The van der Waals surface area contributed by atoms with Crippen molar-refractivity contribution in [3.63, 3.8) is 0 Å². The number of aryl methyl sites for hydroxylation is 2. The number of rotatable bonds is 5. The van der Waals surface area contributed by atoms with E-state index in [1.165, 1.54) is 16.7 Å². The largest absolute Gasteiger partial charge is 0.394 e. The van der Waals surface area contributed by atoms with Crippen LogP contribution in [0.2, 0.25) is 0 Å². The molecule has 2 aliphatic heterocycles. The van der Waals surface area contributed by atoms with E-state index < -0.39 is 0 Å². The minimum atomic E-state index is 0.0918. The van der Waals surface area contributed by atoms with Crippen molar-refractivity contribution in [1.82, 2.24) is 9.80 Å². The van der Waals surface area contributed by atoms with E-state index in [1.807, 2.05) is 0 Å². The Morgan fingerprint density at radius 3 is 2.39 bits per heavy atom. The van der Waals surface area contributed by atoms with E-state index in [1.54, 1.807) is 0 Å². The molecular formula is C23H29N3O2. The molecule has 0 saturated carbocycles. The first-order chi connectivity index (χ1) is 13.8. The van der Waals surface area contributed by atoms with Crippen LogP contribution in [0, 0.1) is 0 Å². The third kappa shape index (κ3) is 4.43. The standard InChI is InChI=1S/C23H29N3O2/c27-16-18-28-17-15-25-11-13-26(14-12-25)23-21-7-3-1-5-19(21)9-10-20-6-2-4-8-22(20)24-23/h1-8,27H,9-18H2. The van der Waals surface area contributed by atoms with Gasteiger partial charge in [0.25, 0.3) is 0 Å². The summed E-state index contributed by atoms with van der Waals surface area (Å²) in [5.41, 5.74) is 5.09.